The topological polar surface area (TPSA) is 118 Å². The summed E-state index contributed by atoms with van der Waals surface area (Å²) in [6.45, 7) is 0. The third-order valence-corrected chi connectivity index (χ3v) is 2.51. The highest BCUT2D eigenvalue weighted by Crippen LogP contribution is 2.28. The first-order valence-corrected chi connectivity index (χ1v) is 5.24. The molecule has 0 aliphatic heterocycles. The standard InChI is InChI=1S/C10H6ClN3O5/c11-5-1-2-6(14(18)19)7(3-5)13-4-8(15)9(12-13)10(16)17/h1-4,15H,(H,16,17). The molecule has 9 heteroatoms. The summed E-state index contributed by atoms with van der Waals surface area (Å²) < 4.78 is 0.892. The maximum atomic E-state index is 10.9. The maximum absolute atomic E-state index is 10.9. The van der Waals surface area contributed by atoms with Crippen LogP contribution in [0, 0.1) is 10.1 Å². The molecule has 1 heterocycles. The molecule has 1 aromatic carbocycles. The van der Waals surface area contributed by atoms with Crippen LogP contribution in [-0.2, 0) is 0 Å². The van der Waals surface area contributed by atoms with Crippen LogP contribution in [0.3, 0.4) is 0 Å². The number of nitro benzene ring substituents is 1. The maximum Gasteiger partial charge on any atom is 0.360 e. The number of nitro groups is 1. The molecule has 2 aromatic rings. The number of hydrogen-bond donors (Lipinski definition) is 2. The lowest BCUT2D eigenvalue weighted by Crippen LogP contribution is -2.03. The summed E-state index contributed by atoms with van der Waals surface area (Å²) in [6.07, 6.45) is 0.960. The Morgan fingerprint density at radius 2 is 2.16 bits per heavy atom. The predicted molar refractivity (Wildman–Crippen MR) is 63.9 cm³/mol. The van der Waals surface area contributed by atoms with Gasteiger partial charge in [-0.3, -0.25) is 10.1 Å². The van der Waals surface area contributed by atoms with E-state index in [0.29, 0.717) is 0 Å². The smallest absolute Gasteiger partial charge is 0.360 e. The lowest BCUT2D eigenvalue weighted by molar-refractivity contribution is -0.384. The molecule has 0 aliphatic carbocycles. The molecule has 0 fully saturated rings. The van der Waals surface area contributed by atoms with Gasteiger partial charge in [0.15, 0.2) is 5.75 Å². The lowest BCUT2D eigenvalue weighted by atomic mass is 10.2. The summed E-state index contributed by atoms with van der Waals surface area (Å²) in [6, 6.07) is 3.74. The van der Waals surface area contributed by atoms with Gasteiger partial charge in [-0.05, 0) is 12.1 Å². The monoisotopic (exact) mass is 283 g/mol. The summed E-state index contributed by atoms with van der Waals surface area (Å²) in [4.78, 5) is 21.0. The SMILES string of the molecule is O=C(O)c1nn(-c2cc(Cl)ccc2[N+](=O)[O-])cc1O. The molecule has 0 unspecified atom stereocenters. The molecular formula is C10H6ClN3O5. The molecule has 2 N–H and O–H groups in total. The molecule has 19 heavy (non-hydrogen) atoms. The van der Waals surface area contributed by atoms with Crippen molar-refractivity contribution in [1.29, 1.82) is 0 Å². The van der Waals surface area contributed by atoms with Gasteiger partial charge in [-0.2, -0.15) is 5.10 Å². The van der Waals surface area contributed by atoms with E-state index in [1.807, 2.05) is 0 Å². The van der Waals surface area contributed by atoms with Crippen molar-refractivity contribution in [3.8, 4) is 11.4 Å². The van der Waals surface area contributed by atoms with Gasteiger partial charge < -0.3 is 10.2 Å². The zero-order valence-electron chi connectivity index (χ0n) is 9.15. The number of halogens is 1. The Kier molecular flexibility index (Phi) is 3.09. The second-order valence-corrected chi connectivity index (χ2v) is 3.94. The van der Waals surface area contributed by atoms with E-state index in [9.17, 15) is 20.0 Å². The fourth-order valence-corrected chi connectivity index (χ4v) is 1.64. The molecule has 0 saturated carbocycles. The van der Waals surface area contributed by atoms with Gasteiger partial charge in [0.25, 0.3) is 5.69 Å². The highest BCUT2D eigenvalue weighted by Gasteiger charge is 2.21. The van der Waals surface area contributed by atoms with Crippen LogP contribution in [0.5, 0.6) is 5.75 Å². The van der Waals surface area contributed by atoms with E-state index >= 15 is 0 Å². The number of benzene rings is 1. The van der Waals surface area contributed by atoms with Crippen LogP contribution in [-0.4, -0.2) is 30.9 Å². The number of carboxylic acid groups (broad SMARTS) is 1. The van der Waals surface area contributed by atoms with Gasteiger partial charge in [-0.1, -0.05) is 11.6 Å². The third-order valence-electron chi connectivity index (χ3n) is 2.28. The number of nitrogens with zero attached hydrogens (tertiary/aromatic N) is 3. The molecule has 0 aliphatic rings. The van der Waals surface area contributed by atoms with E-state index in [1.165, 1.54) is 12.1 Å². The van der Waals surface area contributed by atoms with E-state index < -0.39 is 22.3 Å². The van der Waals surface area contributed by atoms with E-state index in [-0.39, 0.29) is 16.4 Å². The zero-order valence-corrected chi connectivity index (χ0v) is 9.90. The third kappa shape index (κ3) is 2.33. The van der Waals surface area contributed by atoms with Crippen molar-refractivity contribution >= 4 is 23.3 Å². The molecule has 1 aromatic heterocycles. The van der Waals surface area contributed by atoms with Crippen molar-refractivity contribution < 1.29 is 19.9 Å². The Morgan fingerprint density at radius 1 is 1.47 bits per heavy atom. The largest absolute Gasteiger partial charge is 0.504 e. The molecule has 0 saturated heterocycles. The molecular weight excluding hydrogens is 278 g/mol. The van der Waals surface area contributed by atoms with Crippen molar-refractivity contribution in [1.82, 2.24) is 9.78 Å². The van der Waals surface area contributed by atoms with Crippen LogP contribution in [0.1, 0.15) is 10.5 Å². The van der Waals surface area contributed by atoms with Gasteiger partial charge in [0, 0.05) is 11.1 Å². The van der Waals surface area contributed by atoms with Gasteiger partial charge in [0.2, 0.25) is 5.69 Å². The Hall–Kier alpha value is -2.61. The van der Waals surface area contributed by atoms with Crippen molar-refractivity contribution in [2.24, 2.45) is 0 Å². The Bertz CT molecular complexity index is 682. The average molecular weight is 284 g/mol. The van der Waals surface area contributed by atoms with Gasteiger partial charge in [-0.15, -0.1) is 0 Å². The van der Waals surface area contributed by atoms with Gasteiger partial charge in [-0.25, -0.2) is 9.48 Å². The van der Waals surface area contributed by atoms with Crippen LogP contribution in [0.25, 0.3) is 5.69 Å². The van der Waals surface area contributed by atoms with E-state index in [0.717, 1.165) is 16.9 Å². The summed E-state index contributed by atoms with van der Waals surface area (Å²) in [5, 5.41) is 32.8. The van der Waals surface area contributed by atoms with E-state index in [2.05, 4.69) is 5.10 Å². The van der Waals surface area contributed by atoms with Crippen LogP contribution in [0.2, 0.25) is 5.02 Å². The predicted octanol–water partition coefficient (Wildman–Crippen LogP) is 1.84. The summed E-state index contributed by atoms with van der Waals surface area (Å²) in [5.41, 5.74) is -0.960. The molecule has 0 atom stereocenters. The number of aromatic carboxylic acids is 1. The fourth-order valence-electron chi connectivity index (χ4n) is 1.48. The molecule has 2 rings (SSSR count). The van der Waals surface area contributed by atoms with Crippen LogP contribution >= 0.6 is 11.6 Å². The van der Waals surface area contributed by atoms with Crippen molar-refractivity contribution in [2.75, 3.05) is 0 Å². The van der Waals surface area contributed by atoms with Gasteiger partial charge in [0.1, 0.15) is 5.69 Å². The second kappa shape index (κ2) is 4.58. The summed E-state index contributed by atoms with van der Waals surface area (Å²) in [7, 11) is 0. The molecule has 98 valence electrons. The number of aromatic nitrogens is 2. The Balaban J connectivity index is 2.64. The Labute approximate surface area is 110 Å². The van der Waals surface area contributed by atoms with Crippen LogP contribution in [0.4, 0.5) is 5.69 Å². The number of aromatic hydroxyl groups is 1. The Morgan fingerprint density at radius 3 is 2.68 bits per heavy atom. The molecule has 0 spiro atoms. The molecule has 0 bridgehead atoms. The molecule has 0 radical (unpaired) electrons. The van der Waals surface area contributed by atoms with Crippen molar-refractivity contribution in [3.63, 3.8) is 0 Å². The second-order valence-electron chi connectivity index (χ2n) is 3.50. The minimum atomic E-state index is -1.44. The number of rotatable bonds is 3. The number of carbonyl (C=O) groups is 1. The first-order chi connectivity index (χ1) is 8.90. The van der Waals surface area contributed by atoms with Crippen molar-refractivity contribution in [2.45, 2.75) is 0 Å². The number of carboxylic acids is 1. The van der Waals surface area contributed by atoms with E-state index in [4.69, 9.17) is 16.7 Å². The fraction of sp³-hybridized carbons (Fsp3) is 0. The summed E-state index contributed by atoms with van der Waals surface area (Å²) >= 11 is 5.74. The van der Waals surface area contributed by atoms with Gasteiger partial charge >= 0.3 is 5.97 Å². The minimum absolute atomic E-state index is 0.0414. The average Bonchev–Trinajstić information content (AvgIpc) is 2.70. The quantitative estimate of drug-likeness (QED) is 0.655. The molecule has 8 nitrogen and oxygen atoms in total. The van der Waals surface area contributed by atoms with Gasteiger partial charge in [0.05, 0.1) is 11.1 Å². The van der Waals surface area contributed by atoms with E-state index in [1.54, 1.807) is 0 Å². The normalized spacial score (nSPS) is 10.4. The highest BCUT2D eigenvalue weighted by molar-refractivity contribution is 6.30. The first-order valence-electron chi connectivity index (χ1n) is 4.86. The first kappa shape index (κ1) is 12.8. The highest BCUT2D eigenvalue weighted by atomic mass is 35.5. The van der Waals surface area contributed by atoms with Crippen molar-refractivity contribution in [3.05, 3.63) is 45.2 Å². The minimum Gasteiger partial charge on any atom is -0.504 e. The lowest BCUT2D eigenvalue weighted by Gasteiger charge is -2.02. The molecule has 0 amide bonds. The number of hydrogen-bond acceptors (Lipinski definition) is 5. The van der Waals surface area contributed by atoms with Crippen LogP contribution in [0.15, 0.2) is 24.4 Å². The zero-order chi connectivity index (χ0) is 14.2. The summed E-state index contributed by atoms with van der Waals surface area (Å²) in [5.74, 6) is -2.04. The van der Waals surface area contributed by atoms with Crippen LogP contribution < -0.4 is 0 Å².